The first-order valence-corrected chi connectivity index (χ1v) is 6.85. The maximum atomic E-state index is 13.0. The molecule has 6 heteroatoms. The Kier molecular flexibility index (Phi) is 3.36. The van der Waals surface area contributed by atoms with Crippen LogP contribution in [-0.4, -0.2) is 14.6 Å². The second kappa shape index (κ2) is 5.04. The SMILES string of the molecule is CCc1cnn2c(Cl)c(-c3ccc(F)cc3)c(Cl)nc12. The summed E-state index contributed by atoms with van der Waals surface area (Å²) in [4.78, 5) is 4.35. The minimum Gasteiger partial charge on any atom is -0.216 e. The molecular formula is C14H10Cl2FN3. The van der Waals surface area contributed by atoms with Gasteiger partial charge in [0.1, 0.15) is 16.1 Å². The topological polar surface area (TPSA) is 30.2 Å². The molecule has 2 heterocycles. The van der Waals surface area contributed by atoms with E-state index in [1.165, 1.54) is 12.1 Å². The number of benzene rings is 1. The molecule has 0 saturated heterocycles. The zero-order chi connectivity index (χ0) is 14.3. The van der Waals surface area contributed by atoms with Crippen molar-refractivity contribution < 1.29 is 4.39 Å². The monoisotopic (exact) mass is 309 g/mol. The Balaban J connectivity index is 2.28. The lowest BCUT2D eigenvalue weighted by molar-refractivity contribution is 0.628. The molecule has 0 N–H and O–H groups in total. The highest BCUT2D eigenvalue weighted by Crippen LogP contribution is 2.34. The van der Waals surface area contributed by atoms with Gasteiger partial charge >= 0.3 is 0 Å². The molecular weight excluding hydrogens is 300 g/mol. The smallest absolute Gasteiger partial charge is 0.161 e. The Bertz CT molecular complexity index is 781. The van der Waals surface area contributed by atoms with Gasteiger partial charge in [-0.15, -0.1) is 0 Å². The summed E-state index contributed by atoms with van der Waals surface area (Å²) >= 11 is 12.6. The summed E-state index contributed by atoms with van der Waals surface area (Å²) in [5, 5.41) is 4.87. The van der Waals surface area contributed by atoms with Crippen LogP contribution in [-0.2, 0) is 6.42 Å². The quantitative estimate of drug-likeness (QED) is 0.657. The molecule has 102 valence electrons. The third-order valence-corrected chi connectivity index (χ3v) is 3.76. The number of hydrogen-bond donors (Lipinski definition) is 0. The van der Waals surface area contributed by atoms with Gasteiger partial charge in [0, 0.05) is 5.56 Å². The molecule has 0 atom stereocenters. The Labute approximate surface area is 125 Å². The van der Waals surface area contributed by atoms with E-state index in [0.29, 0.717) is 21.9 Å². The van der Waals surface area contributed by atoms with E-state index in [-0.39, 0.29) is 11.0 Å². The number of fused-ring (bicyclic) bond motifs is 1. The molecule has 3 rings (SSSR count). The molecule has 0 spiro atoms. The van der Waals surface area contributed by atoms with Gasteiger partial charge < -0.3 is 0 Å². The van der Waals surface area contributed by atoms with Crippen LogP contribution < -0.4 is 0 Å². The van der Waals surface area contributed by atoms with Crippen molar-refractivity contribution in [1.29, 1.82) is 0 Å². The predicted octanol–water partition coefficient (Wildman–Crippen LogP) is 4.40. The van der Waals surface area contributed by atoms with Crippen LogP contribution in [0.15, 0.2) is 30.5 Å². The highest BCUT2D eigenvalue weighted by Gasteiger charge is 2.17. The first kappa shape index (κ1) is 13.3. The largest absolute Gasteiger partial charge is 0.216 e. The van der Waals surface area contributed by atoms with Crippen molar-refractivity contribution in [2.45, 2.75) is 13.3 Å². The summed E-state index contributed by atoms with van der Waals surface area (Å²) < 4.78 is 14.6. The second-order valence-corrected chi connectivity index (χ2v) is 5.05. The molecule has 3 nitrogen and oxygen atoms in total. The van der Waals surface area contributed by atoms with E-state index in [0.717, 1.165) is 12.0 Å². The first-order chi connectivity index (χ1) is 9.61. The van der Waals surface area contributed by atoms with Crippen LogP contribution >= 0.6 is 23.2 Å². The fraction of sp³-hybridized carbons (Fsp3) is 0.143. The average Bonchev–Trinajstić information content (AvgIpc) is 2.84. The van der Waals surface area contributed by atoms with E-state index in [1.54, 1.807) is 22.8 Å². The van der Waals surface area contributed by atoms with E-state index in [9.17, 15) is 4.39 Å². The summed E-state index contributed by atoms with van der Waals surface area (Å²) in [5.74, 6) is -0.317. The zero-order valence-electron chi connectivity index (χ0n) is 10.6. The van der Waals surface area contributed by atoms with Gasteiger partial charge in [-0.3, -0.25) is 0 Å². The van der Waals surface area contributed by atoms with Crippen LogP contribution in [0.25, 0.3) is 16.8 Å². The number of hydrogen-bond acceptors (Lipinski definition) is 2. The summed E-state index contributed by atoms with van der Waals surface area (Å²) in [6.45, 7) is 2.01. The second-order valence-electron chi connectivity index (χ2n) is 4.33. The van der Waals surface area contributed by atoms with Crippen LogP contribution in [0.2, 0.25) is 10.3 Å². The molecule has 20 heavy (non-hydrogen) atoms. The average molecular weight is 310 g/mol. The Morgan fingerprint density at radius 1 is 1.20 bits per heavy atom. The highest BCUT2D eigenvalue weighted by molar-refractivity contribution is 6.38. The lowest BCUT2D eigenvalue weighted by Gasteiger charge is -2.08. The van der Waals surface area contributed by atoms with Gasteiger partial charge in [-0.05, 0) is 24.1 Å². The van der Waals surface area contributed by atoms with E-state index in [2.05, 4.69) is 10.1 Å². The van der Waals surface area contributed by atoms with Crippen LogP contribution in [0.5, 0.6) is 0 Å². The summed E-state index contributed by atoms with van der Waals surface area (Å²) in [6.07, 6.45) is 2.51. The lowest BCUT2D eigenvalue weighted by atomic mass is 10.1. The Hall–Kier alpha value is -1.65. The van der Waals surface area contributed by atoms with Gasteiger partial charge in [0.05, 0.1) is 11.8 Å². The molecule has 3 aromatic rings. The normalized spacial score (nSPS) is 11.2. The molecule has 0 fully saturated rings. The van der Waals surface area contributed by atoms with Crippen LogP contribution in [0.3, 0.4) is 0 Å². The number of nitrogens with zero attached hydrogens (tertiary/aromatic N) is 3. The number of aromatic nitrogens is 3. The van der Waals surface area contributed by atoms with Gasteiger partial charge in [-0.25, -0.2) is 13.9 Å². The highest BCUT2D eigenvalue weighted by atomic mass is 35.5. The minimum absolute atomic E-state index is 0.282. The van der Waals surface area contributed by atoms with Crippen molar-refractivity contribution in [3.8, 4) is 11.1 Å². The molecule has 0 aliphatic carbocycles. The van der Waals surface area contributed by atoms with Crippen molar-refractivity contribution >= 4 is 28.8 Å². The van der Waals surface area contributed by atoms with Crippen molar-refractivity contribution in [2.24, 2.45) is 0 Å². The fourth-order valence-electron chi connectivity index (χ4n) is 2.08. The first-order valence-electron chi connectivity index (χ1n) is 6.09. The third-order valence-electron chi connectivity index (χ3n) is 3.13. The molecule has 1 aromatic carbocycles. The summed E-state index contributed by atoms with van der Waals surface area (Å²) in [7, 11) is 0. The van der Waals surface area contributed by atoms with Crippen molar-refractivity contribution in [1.82, 2.24) is 14.6 Å². The van der Waals surface area contributed by atoms with E-state index in [1.807, 2.05) is 6.92 Å². The number of aryl methyl sites for hydroxylation is 1. The molecule has 0 saturated carbocycles. The molecule has 2 aromatic heterocycles. The Morgan fingerprint density at radius 3 is 2.55 bits per heavy atom. The standard InChI is InChI=1S/C14H10Cl2FN3/c1-2-8-7-18-20-13(16)11(12(15)19-14(8)20)9-3-5-10(17)6-4-9/h3-7H,2H2,1H3. The van der Waals surface area contributed by atoms with E-state index < -0.39 is 0 Å². The predicted molar refractivity (Wildman–Crippen MR) is 77.8 cm³/mol. The van der Waals surface area contributed by atoms with Crippen LogP contribution in [0.1, 0.15) is 12.5 Å². The van der Waals surface area contributed by atoms with Gasteiger partial charge in [0.25, 0.3) is 0 Å². The fourth-order valence-corrected chi connectivity index (χ4v) is 2.73. The molecule has 0 aliphatic heterocycles. The molecule has 0 amide bonds. The summed E-state index contributed by atoms with van der Waals surface area (Å²) in [6, 6.07) is 5.93. The van der Waals surface area contributed by atoms with Crippen molar-refractivity contribution in [2.75, 3.05) is 0 Å². The van der Waals surface area contributed by atoms with Gasteiger partial charge in [-0.1, -0.05) is 42.3 Å². The van der Waals surface area contributed by atoms with Crippen LogP contribution in [0, 0.1) is 5.82 Å². The van der Waals surface area contributed by atoms with Crippen LogP contribution in [0.4, 0.5) is 4.39 Å². The van der Waals surface area contributed by atoms with E-state index >= 15 is 0 Å². The third kappa shape index (κ3) is 2.05. The number of rotatable bonds is 2. The van der Waals surface area contributed by atoms with Crippen molar-refractivity contribution in [3.63, 3.8) is 0 Å². The van der Waals surface area contributed by atoms with Gasteiger partial charge in [-0.2, -0.15) is 5.10 Å². The summed E-state index contributed by atoms with van der Waals surface area (Å²) in [5.41, 5.74) is 2.86. The van der Waals surface area contributed by atoms with Gasteiger partial charge in [0.15, 0.2) is 5.65 Å². The maximum Gasteiger partial charge on any atom is 0.161 e. The molecule has 0 aliphatic rings. The minimum atomic E-state index is -0.317. The number of halogens is 3. The maximum absolute atomic E-state index is 13.0. The van der Waals surface area contributed by atoms with E-state index in [4.69, 9.17) is 23.2 Å². The molecule has 0 radical (unpaired) electrons. The van der Waals surface area contributed by atoms with Gasteiger partial charge in [0.2, 0.25) is 0 Å². The lowest BCUT2D eigenvalue weighted by Crippen LogP contribution is -1.98. The Morgan fingerprint density at radius 2 is 1.90 bits per heavy atom. The zero-order valence-corrected chi connectivity index (χ0v) is 12.1. The van der Waals surface area contributed by atoms with Crippen molar-refractivity contribution in [3.05, 3.63) is 52.1 Å². The molecule has 0 unspecified atom stereocenters. The molecule has 0 bridgehead atoms.